The van der Waals surface area contributed by atoms with Crippen LogP contribution in [0.15, 0.2) is 24.3 Å². The minimum atomic E-state index is -0.360. The number of amides is 1. The number of carbonyl (C=O) groups is 1. The van der Waals surface area contributed by atoms with Gasteiger partial charge in [-0.25, -0.2) is 0 Å². The molecule has 4 heteroatoms. The van der Waals surface area contributed by atoms with Crippen LogP contribution in [0, 0.1) is 5.92 Å². The fourth-order valence-electron chi connectivity index (χ4n) is 1.68. The fourth-order valence-corrected chi connectivity index (χ4v) is 1.68. The zero-order valence-electron chi connectivity index (χ0n) is 11.8. The van der Waals surface area contributed by atoms with Gasteiger partial charge in [-0.05, 0) is 30.0 Å². The first-order valence-corrected chi connectivity index (χ1v) is 6.60. The number of aliphatic hydroxyl groups excluding tert-OH is 1. The predicted molar refractivity (Wildman–Crippen MR) is 75.2 cm³/mol. The first kappa shape index (κ1) is 15.5. The zero-order valence-corrected chi connectivity index (χ0v) is 11.8. The number of benzene rings is 1. The third kappa shape index (κ3) is 5.75. The lowest BCUT2D eigenvalue weighted by Crippen LogP contribution is -2.29. The first-order valence-electron chi connectivity index (χ1n) is 6.60. The molecule has 0 radical (unpaired) electrons. The van der Waals surface area contributed by atoms with Crippen molar-refractivity contribution in [1.82, 2.24) is 5.32 Å². The van der Waals surface area contributed by atoms with Crippen LogP contribution in [0.3, 0.4) is 0 Å². The molecule has 0 saturated heterocycles. The standard InChI is InChI=1S/C15H23NO3/c1-11(2)14(17)8-9-16-15(18)10-12-4-6-13(19-3)7-5-12/h4-7,11,14,17H,8-10H2,1-3H3,(H,16,18). The summed E-state index contributed by atoms with van der Waals surface area (Å²) in [5.41, 5.74) is 0.947. The van der Waals surface area contributed by atoms with Crippen molar-refractivity contribution < 1.29 is 14.6 Å². The maximum Gasteiger partial charge on any atom is 0.224 e. The summed E-state index contributed by atoms with van der Waals surface area (Å²) in [5.74, 6) is 0.976. The predicted octanol–water partition coefficient (Wildman–Crippen LogP) is 1.76. The Bertz CT molecular complexity index is 387. The van der Waals surface area contributed by atoms with E-state index in [-0.39, 0.29) is 17.9 Å². The summed E-state index contributed by atoms with van der Waals surface area (Å²) in [7, 11) is 1.61. The molecule has 4 nitrogen and oxygen atoms in total. The lowest BCUT2D eigenvalue weighted by molar-refractivity contribution is -0.120. The Balaban J connectivity index is 2.30. The van der Waals surface area contributed by atoms with Crippen LogP contribution in [-0.4, -0.2) is 30.8 Å². The number of hydrogen-bond acceptors (Lipinski definition) is 3. The van der Waals surface area contributed by atoms with Gasteiger partial charge in [0.15, 0.2) is 0 Å². The highest BCUT2D eigenvalue weighted by atomic mass is 16.5. The van der Waals surface area contributed by atoms with Crippen LogP contribution < -0.4 is 10.1 Å². The number of carbonyl (C=O) groups excluding carboxylic acids is 1. The molecule has 0 saturated carbocycles. The number of methoxy groups -OCH3 is 1. The van der Waals surface area contributed by atoms with Crippen LogP contribution in [0.2, 0.25) is 0 Å². The maximum atomic E-state index is 11.7. The van der Waals surface area contributed by atoms with Crippen molar-refractivity contribution in [3.05, 3.63) is 29.8 Å². The molecule has 1 aromatic carbocycles. The van der Waals surface area contributed by atoms with E-state index >= 15 is 0 Å². The van der Waals surface area contributed by atoms with Crippen molar-refractivity contribution in [2.75, 3.05) is 13.7 Å². The average Bonchev–Trinajstić information content (AvgIpc) is 2.39. The van der Waals surface area contributed by atoms with E-state index in [0.717, 1.165) is 11.3 Å². The number of rotatable bonds is 7. The summed E-state index contributed by atoms with van der Waals surface area (Å²) in [4.78, 5) is 11.7. The van der Waals surface area contributed by atoms with Gasteiger partial charge in [0.2, 0.25) is 5.91 Å². The van der Waals surface area contributed by atoms with Gasteiger partial charge in [0.05, 0.1) is 19.6 Å². The highest BCUT2D eigenvalue weighted by Crippen LogP contribution is 2.11. The van der Waals surface area contributed by atoms with E-state index in [1.807, 2.05) is 38.1 Å². The summed E-state index contributed by atoms with van der Waals surface area (Å²) in [5, 5.41) is 12.4. The maximum absolute atomic E-state index is 11.7. The molecular formula is C15H23NO3. The SMILES string of the molecule is COc1ccc(CC(=O)NCCC(O)C(C)C)cc1. The van der Waals surface area contributed by atoms with E-state index in [0.29, 0.717) is 19.4 Å². The van der Waals surface area contributed by atoms with Gasteiger partial charge >= 0.3 is 0 Å². The number of hydrogen-bond donors (Lipinski definition) is 2. The normalized spacial score (nSPS) is 12.3. The molecule has 0 aliphatic carbocycles. The highest BCUT2D eigenvalue weighted by molar-refractivity contribution is 5.78. The highest BCUT2D eigenvalue weighted by Gasteiger charge is 2.09. The van der Waals surface area contributed by atoms with E-state index in [2.05, 4.69) is 5.32 Å². The Morgan fingerprint density at radius 1 is 1.32 bits per heavy atom. The van der Waals surface area contributed by atoms with Crippen LogP contribution >= 0.6 is 0 Å². The molecule has 19 heavy (non-hydrogen) atoms. The molecule has 0 aliphatic heterocycles. The number of nitrogens with one attached hydrogen (secondary N) is 1. The third-order valence-electron chi connectivity index (χ3n) is 3.06. The minimum Gasteiger partial charge on any atom is -0.497 e. The van der Waals surface area contributed by atoms with Crippen LogP contribution in [0.5, 0.6) is 5.75 Å². The first-order chi connectivity index (χ1) is 9.02. The molecule has 1 rings (SSSR count). The van der Waals surface area contributed by atoms with Gasteiger partial charge in [-0.15, -0.1) is 0 Å². The van der Waals surface area contributed by atoms with Crippen molar-refractivity contribution >= 4 is 5.91 Å². The van der Waals surface area contributed by atoms with Crippen molar-refractivity contribution in [3.63, 3.8) is 0 Å². The molecule has 0 heterocycles. The molecule has 0 bridgehead atoms. The van der Waals surface area contributed by atoms with E-state index in [1.54, 1.807) is 7.11 Å². The van der Waals surface area contributed by atoms with E-state index in [1.165, 1.54) is 0 Å². The fraction of sp³-hybridized carbons (Fsp3) is 0.533. The van der Waals surface area contributed by atoms with Crippen LogP contribution in [0.4, 0.5) is 0 Å². The van der Waals surface area contributed by atoms with Gasteiger partial charge in [-0.2, -0.15) is 0 Å². The van der Waals surface area contributed by atoms with Gasteiger partial charge in [-0.3, -0.25) is 4.79 Å². The van der Waals surface area contributed by atoms with E-state index in [4.69, 9.17) is 4.74 Å². The summed E-state index contributed by atoms with van der Waals surface area (Å²) in [6.07, 6.45) is 0.578. The van der Waals surface area contributed by atoms with Gasteiger partial charge < -0.3 is 15.2 Å². The molecular weight excluding hydrogens is 242 g/mol. The summed E-state index contributed by atoms with van der Waals surface area (Å²) >= 11 is 0. The van der Waals surface area contributed by atoms with Crippen molar-refractivity contribution in [1.29, 1.82) is 0 Å². The van der Waals surface area contributed by atoms with Gasteiger partial charge in [0, 0.05) is 6.54 Å². The van der Waals surface area contributed by atoms with Crippen LogP contribution in [0.25, 0.3) is 0 Å². The van der Waals surface area contributed by atoms with Gasteiger partial charge in [-0.1, -0.05) is 26.0 Å². The topological polar surface area (TPSA) is 58.6 Å². The van der Waals surface area contributed by atoms with E-state index in [9.17, 15) is 9.90 Å². The Morgan fingerprint density at radius 3 is 2.47 bits per heavy atom. The summed E-state index contributed by atoms with van der Waals surface area (Å²) < 4.78 is 5.06. The lowest BCUT2D eigenvalue weighted by Gasteiger charge is -2.14. The smallest absolute Gasteiger partial charge is 0.224 e. The number of aliphatic hydroxyl groups is 1. The molecule has 0 spiro atoms. The summed E-state index contributed by atoms with van der Waals surface area (Å²) in [6.45, 7) is 4.43. The largest absolute Gasteiger partial charge is 0.497 e. The lowest BCUT2D eigenvalue weighted by atomic mass is 10.0. The van der Waals surface area contributed by atoms with Gasteiger partial charge in [0.1, 0.15) is 5.75 Å². The van der Waals surface area contributed by atoms with Crippen molar-refractivity contribution in [2.24, 2.45) is 5.92 Å². The van der Waals surface area contributed by atoms with Crippen LogP contribution in [-0.2, 0) is 11.2 Å². The monoisotopic (exact) mass is 265 g/mol. The second-order valence-corrected chi connectivity index (χ2v) is 4.97. The molecule has 2 N–H and O–H groups in total. The Kier molecular flexibility index (Phi) is 6.36. The van der Waals surface area contributed by atoms with Gasteiger partial charge in [0.25, 0.3) is 0 Å². The molecule has 0 aromatic heterocycles. The summed E-state index contributed by atoms with van der Waals surface area (Å²) in [6, 6.07) is 7.43. The van der Waals surface area contributed by atoms with E-state index < -0.39 is 0 Å². The minimum absolute atomic E-state index is 0.0267. The third-order valence-corrected chi connectivity index (χ3v) is 3.06. The molecule has 1 atom stereocenters. The molecule has 1 unspecified atom stereocenters. The van der Waals surface area contributed by atoms with Crippen LogP contribution in [0.1, 0.15) is 25.8 Å². The Morgan fingerprint density at radius 2 is 1.95 bits per heavy atom. The molecule has 1 aromatic rings. The molecule has 0 fully saturated rings. The molecule has 1 amide bonds. The Labute approximate surface area is 114 Å². The number of ether oxygens (including phenoxy) is 1. The molecule has 0 aliphatic rings. The Hall–Kier alpha value is -1.55. The van der Waals surface area contributed by atoms with Crippen molar-refractivity contribution in [2.45, 2.75) is 32.8 Å². The molecule has 106 valence electrons. The second-order valence-electron chi connectivity index (χ2n) is 4.97. The second kappa shape index (κ2) is 7.79. The average molecular weight is 265 g/mol. The van der Waals surface area contributed by atoms with Crippen molar-refractivity contribution in [3.8, 4) is 5.75 Å². The quantitative estimate of drug-likeness (QED) is 0.790. The zero-order chi connectivity index (χ0) is 14.3.